The van der Waals surface area contributed by atoms with Crippen molar-refractivity contribution in [1.29, 1.82) is 0 Å². The van der Waals surface area contributed by atoms with E-state index in [4.69, 9.17) is 4.74 Å². The minimum absolute atomic E-state index is 0.190. The van der Waals surface area contributed by atoms with Gasteiger partial charge in [0.25, 0.3) is 0 Å². The Morgan fingerprint density at radius 3 is 2.33 bits per heavy atom. The number of hydrogen-bond acceptors (Lipinski definition) is 4. The zero-order valence-corrected chi connectivity index (χ0v) is 11.4. The predicted molar refractivity (Wildman–Crippen MR) is 70.1 cm³/mol. The van der Waals surface area contributed by atoms with E-state index in [1.807, 2.05) is 0 Å². The molecule has 100 valence electrons. The summed E-state index contributed by atoms with van der Waals surface area (Å²) in [6.07, 6.45) is 0. The molecule has 1 aromatic carbocycles. The van der Waals surface area contributed by atoms with Gasteiger partial charge in [-0.25, -0.2) is 13.1 Å². The highest BCUT2D eigenvalue weighted by Gasteiger charge is 2.32. The lowest BCUT2D eigenvalue weighted by molar-refractivity contribution is -0.0924. The van der Waals surface area contributed by atoms with E-state index in [-0.39, 0.29) is 10.3 Å². The Hall–Kier alpha value is -1.11. The average Bonchev–Trinajstić information content (AvgIpc) is 2.34. The van der Waals surface area contributed by atoms with Gasteiger partial charge in [0, 0.05) is 17.6 Å². The molecule has 0 unspecified atom stereocenters. The van der Waals surface area contributed by atoms with Crippen molar-refractivity contribution in [1.82, 2.24) is 4.72 Å². The molecular weight excluding hydrogens is 252 g/mol. The number of sulfonamides is 1. The summed E-state index contributed by atoms with van der Waals surface area (Å²) in [5.74, 6) is 0. The zero-order valence-electron chi connectivity index (χ0n) is 10.6. The quantitative estimate of drug-likeness (QED) is 0.839. The van der Waals surface area contributed by atoms with Crippen LogP contribution in [0.2, 0.25) is 0 Å². The molecule has 0 aromatic heterocycles. The summed E-state index contributed by atoms with van der Waals surface area (Å²) >= 11 is 0. The fourth-order valence-corrected chi connectivity index (χ4v) is 2.47. The first-order valence-electron chi connectivity index (χ1n) is 5.80. The summed E-state index contributed by atoms with van der Waals surface area (Å²) < 4.78 is 30.5. The molecule has 0 saturated carbocycles. The van der Waals surface area contributed by atoms with Gasteiger partial charge in [0.05, 0.1) is 18.1 Å². The van der Waals surface area contributed by atoms with Crippen LogP contribution in [0.25, 0.3) is 0 Å². The van der Waals surface area contributed by atoms with E-state index in [9.17, 15) is 8.42 Å². The molecular formula is C12H18N2O3S. The van der Waals surface area contributed by atoms with Gasteiger partial charge in [0.1, 0.15) is 0 Å². The smallest absolute Gasteiger partial charge is 0.240 e. The van der Waals surface area contributed by atoms with Crippen LogP contribution < -0.4 is 10.0 Å². The highest BCUT2D eigenvalue weighted by atomic mass is 32.2. The first-order valence-corrected chi connectivity index (χ1v) is 7.29. The zero-order chi connectivity index (χ0) is 13.2. The third kappa shape index (κ3) is 2.82. The highest BCUT2D eigenvalue weighted by Crippen LogP contribution is 2.26. The van der Waals surface area contributed by atoms with Gasteiger partial charge in [-0.05, 0) is 31.3 Å². The molecule has 1 aliphatic heterocycles. The lowest BCUT2D eigenvalue weighted by Gasteiger charge is -2.38. The maximum absolute atomic E-state index is 11.5. The molecule has 1 aliphatic rings. The lowest BCUT2D eigenvalue weighted by Crippen LogP contribution is -2.45. The largest absolute Gasteiger partial charge is 0.384 e. The first-order chi connectivity index (χ1) is 8.45. The Balaban J connectivity index is 2.00. The van der Waals surface area contributed by atoms with Crippen molar-refractivity contribution in [2.75, 3.05) is 32.1 Å². The molecule has 1 saturated heterocycles. The number of ether oxygens (including phenoxy) is 1. The molecule has 18 heavy (non-hydrogen) atoms. The third-order valence-electron chi connectivity index (χ3n) is 3.05. The molecule has 1 aromatic rings. The van der Waals surface area contributed by atoms with Gasteiger partial charge in [-0.1, -0.05) is 6.92 Å². The van der Waals surface area contributed by atoms with Gasteiger partial charge in [0.2, 0.25) is 10.0 Å². The van der Waals surface area contributed by atoms with E-state index in [1.54, 1.807) is 24.3 Å². The van der Waals surface area contributed by atoms with Gasteiger partial charge >= 0.3 is 0 Å². The fourth-order valence-electron chi connectivity index (χ4n) is 1.74. The molecule has 0 aliphatic carbocycles. The maximum Gasteiger partial charge on any atom is 0.240 e. The van der Waals surface area contributed by atoms with E-state index in [0.29, 0.717) is 0 Å². The summed E-state index contributed by atoms with van der Waals surface area (Å²) in [5, 5.41) is 3.29. The van der Waals surface area contributed by atoms with Gasteiger partial charge < -0.3 is 10.1 Å². The second-order valence-electron chi connectivity index (χ2n) is 4.89. The van der Waals surface area contributed by atoms with E-state index in [1.165, 1.54) is 7.05 Å². The summed E-state index contributed by atoms with van der Waals surface area (Å²) in [6, 6.07) is 6.72. The van der Waals surface area contributed by atoms with Crippen LogP contribution in [-0.2, 0) is 14.8 Å². The Morgan fingerprint density at radius 2 is 1.89 bits per heavy atom. The van der Waals surface area contributed by atoms with E-state index in [0.717, 1.165) is 25.4 Å². The first kappa shape index (κ1) is 13.3. The fraction of sp³-hybridized carbons (Fsp3) is 0.500. The minimum Gasteiger partial charge on any atom is -0.384 e. The van der Waals surface area contributed by atoms with Crippen molar-refractivity contribution in [3.05, 3.63) is 24.3 Å². The number of nitrogens with one attached hydrogen (secondary N) is 2. The van der Waals surface area contributed by atoms with Crippen LogP contribution in [0.5, 0.6) is 0 Å². The standard InChI is InChI=1S/C12H18N2O3S/c1-12(8-17-9-12)7-14-10-3-5-11(6-4-10)18(15,16)13-2/h3-6,13-14H,7-9H2,1-2H3. The second kappa shape index (κ2) is 4.87. The number of anilines is 1. The van der Waals surface area contributed by atoms with Crippen LogP contribution in [0.3, 0.4) is 0 Å². The molecule has 0 radical (unpaired) electrons. The van der Waals surface area contributed by atoms with Gasteiger partial charge in [-0.15, -0.1) is 0 Å². The van der Waals surface area contributed by atoms with Crippen molar-refractivity contribution >= 4 is 15.7 Å². The third-order valence-corrected chi connectivity index (χ3v) is 4.48. The number of benzene rings is 1. The number of hydrogen-bond donors (Lipinski definition) is 2. The monoisotopic (exact) mass is 270 g/mol. The van der Waals surface area contributed by atoms with E-state index < -0.39 is 10.0 Å². The molecule has 0 amide bonds. The van der Waals surface area contributed by atoms with Crippen molar-refractivity contribution in [2.45, 2.75) is 11.8 Å². The summed E-state index contributed by atoms with van der Waals surface area (Å²) in [7, 11) is -1.95. The predicted octanol–water partition coefficient (Wildman–Crippen LogP) is 1.04. The molecule has 2 N–H and O–H groups in total. The molecule has 6 heteroatoms. The second-order valence-corrected chi connectivity index (χ2v) is 6.78. The van der Waals surface area contributed by atoms with Gasteiger partial charge in [0.15, 0.2) is 0 Å². The topological polar surface area (TPSA) is 67.4 Å². The van der Waals surface area contributed by atoms with Crippen LogP contribution >= 0.6 is 0 Å². The highest BCUT2D eigenvalue weighted by molar-refractivity contribution is 7.89. The van der Waals surface area contributed by atoms with Crippen LogP contribution in [0.15, 0.2) is 29.2 Å². The molecule has 1 heterocycles. The van der Waals surface area contributed by atoms with Crippen LogP contribution in [0.1, 0.15) is 6.92 Å². The maximum atomic E-state index is 11.5. The van der Waals surface area contributed by atoms with Crippen molar-refractivity contribution in [2.24, 2.45) is 5.41 Å². The molecule has 0 spiro atoms. The SMILES string of the molecule is CNS(=O)(=O)c1ccc(NCC2(C)COC2)cc1. The molecule has 0 atom stereocenters. The Labute approximate surface area is 108 Å². The summed E-state index contributed by atoms with van der Waals surface area (Å²) in [6.45, 7) is 4.52. The Kier molecular flexibility index (Phi) is 3.61. The molecule has 5 nitrogen and oxygen atoms in total. The lowest BCUT2D eigenvalue weighted by atomic mass is 9.89. The van der Waals surface area contributed by atoms with Crippen LogP contribution in [-0.4, -0.2) is 35.2 Å². The van der Waals surface area contributed by atoms with Crippen molar-refractivity contribution < 1.29 is 13.2 Å². The van der Waals surface area contributed by atoms with E-state index >= 15 is 0 Å². The normalized spacial score (nSPS) is 18.1. The van der Waals surface area contributed by atoms with Crippen LogP contribution in [0.4, 0.5) is 5.69 Å². The summed E-state index contributed by atoms with van der Waals surface area (Å²) in [5.41, 5.74) is 1.11. The molecule has 1 fully saturated rings. The van der Waals surface area contributed by atoms with Crippen molar-refractivity contribution in [3.63, 3.8) is 0 Å². The van der Waals surface area contributed by atoms with Crippen LogP contribution in [0, 0.1) is 5.41 Å². The van der Waals surface area contributed by atoms with Crippen molar-refractivity contribution in [3.8, 4) is 0 Å². The molecule has 0 bridgehead atoms. The van der Waals surface area contributed by atoms with E-state index in [2.05, 4.69) is 17.0 Å². The molecule has 2 rings (SSSR count). The van der Waals surface area contributed by atoms with Gasteiger partial charge in [-0.2, -0.15) is 0 Å². The van der Waals surface area contributed by atoms with Gasteiger partial charge in [-0.3, -0.25) is 0 Å². The Bertz CT molecular complexity index is 507. The Morgan fingerprint density at radius 1 is 1.28 bits per heavy atom. The minimum atomic E-state index is -3.35. The average molecular weight is 270 g/mol. The number of rotatable bonds is 5. The summed E-state index contributed by atoms with van der Waals surface area (Å²) in [4.78, 5) is 0.272.